The van der Waals surface area contributed by atoms with Gasteiger partial charge in [-0.2, -0.15) is 0 Å². The average molecular weight is 394 g/mol. The van der Waals surface area contributed by atoms with Gasteiger partial charge in [0.1, 0.15) is 0 Å². The minimum absolute atomic E-state index is 0.115. The Bertz CT molecular complexity index is 818. The Kier molecular flexibility index (Phi) is 8.66. The molecule has 0 spiro atoms. The lowest BCUT2D eigenvalue weighted by molar-refractivity contribution is -0.119. The van der Waals surface area contributed by atoms with Crippen LogP contribution in [0.2, 0.25) is 0 Å². The molecule has 1 aliphatic rings. The third-order valence-corrected chi connectivity index (χ3v) is 5.14. The van der Waals surface area contributed by atoms with E-state index in [9.17, 15) is 21.6 Å². The topological polar surface area (TPSA) is 137 Å². The van der Waals surface area contributed by atoms with Crippen LogP contribution in [0.15, 0.2) is 10.2 Å². The Morgan fingerprint density at radius 3 is 1.92 bits per heavy atom. The SMILES string of the molecule is CC.CC.CS(=O)(=O)c1nc2c(c(S(C)(=O)=O)n1)CCCC2C(N)=O. The van der Waals surface area contributed by atoms with Crippen LogP contribution in [0.5, 0.6) is 0 Å². The number of nitrogens with two attached hydrogens (primary N) is 1. The van der Waals surface area contributed by atoms with Gasteiger partial charge in [0.05, 0.1) is 11.6 Å². The molecule has 1 unspecified atom stereocenters. The Morgan fingerprint density at radius 2 is 1.52 bits per heavy atom. The summed E-state index contributed by atoms with van der Waals surface area (Å²) in [5.74, 6) is -1.45. The highest BCUT2D eigenvalue weighted by atomic mass is 32.2. The van der Waals surface area contributed by atoms with Gasteiger partial charge in [-0.1, -0.05) is 27.7 Å². The molecule has 0 aromatic carbocycles. The lowest BCUT2D eigenvalue weighted by Gasteiger charge is -2.23. The van der Waals surface area contributed by atoms with Crippen molar-refractivity contribution < 1.29 is 21.6 Å². The smallest absolute Gasteiger partial charge is 0.248 e. The third kappa shape index (κ3) is 5.74. The van der Waals surface area contributed by atoms with Crippen molar-refractivity contribution in [2.45, 2.75) is 63.1 Å². The van der Waals surface area contributed by atoms with Gasteiger partial charge in [0.15, 0.2) is 14.9 Å². The molecular formula is C15H27N3O5S2. The second-order valence-corrected chi connectivity index (χ2v) is 8.91. The van der Waals surface area contributed by atoms with E-state index in [-0.39, 0.29) is 10.7 Å². The highest BCUT2D eigenvalue weighted by Crippen LogP contribution is 2.33. The van der Waals surface area contributed by atoms with Crippen molar-refractivity contribution in [3.05, 3.63) is 11.3 Å². The van der Waals surface area contributed by atoms with Crippen molar-refractivity contribution in [2.24, 2.45) is 5.73 Å². The quantitative estimate of drug-likeness (QED) is 0.602. The van der Waals surface area contributed by atoms with E-state index in [0.29, 0.717) is 24.8 Å². The molecule has 0 radical (unpaired) electrons. The van der Waals surface area contributed by atoms with Crippen LogP contribution >= 0.6 is 0 Å². The van der Waals surface area contributed by atoms with Crippen molar-refractivity contribution in [1.29, 1.82) is 0 Å². The molecule has 1 heterocycles. The molecule has 25 heavy (non-hydrogen) atoms. The van der Waals surface area contributed by atoms with E-state index >= 15 is 0 Å². The van der Waals surface area contributed by atoms with Gasteiger partial charge >= 0.3 is 0 Å². The van der Waals surface area contributed by atoms with Crippen molar-refractivity contribution >= 4 is 25.6 Å². The van der Waals surface area contributed by atoms with Gasteiger partial charge in [0.25, 0.3) is 0 Å². The molecule has 0 aliphatic heterocycles. The van der Waals surface area contributed by atoms with Crippen molar-refractivity contribution in [2.75, 3.05) is 12.5 Å². The zero-order valence-electron chi connectivity index (χ0n) is 15.5. The van der Waals surface area contributed by atoms with E-state index in [1.54, 1.807) is 0 Å². The lowest BCUT2D eigenvalue weighted by Crippen LogP contribution is -2.28. The summed E-state index contributed by atoms with van der Waals surface area (Å²) in [6.07, 6.45) is 3.15. The Morgan fingerprint density at radius 1 is 1.00 bits per heavy atom. The van der Waals surface area contributed by atoms with Crippen LogP contribution in [0.4, 0.5) is 0 Å². The summed E-state index contributed by atoms with van der Waals surface area (Å²) in [7, 11) is -7.55. The summed E-state index contributed by atoms with van der Waals surface area (Å²) < 4.78 is 47.0. The number of hydrogen-bond acceptors (Lipinski definition) is 7. The van der Waals surface area contributed by atoms with E-state index in [0.717, 1.165) is 12.5 Å². The first-order valence-corrected chi connectivity index (χ1v) is 11.9. The van der Waals surface area contributed by atoms with Crippen LogP contribution in [0.25, 0.3) is 0 Å². The van der Waals surface area contributed by atoms with Crippen molar-refractivity contribution in [1.82, 2.24) is 9.97 Å². The molecule has 2 rings (SSSR count). The van der Waals surface area contributed by atoms with Crippen LogP contribution in [-0.2, 0) is 30.9 Å². The number of rotatable bonds is 3. The molecule has 2 N–H and O–H groups in total. The number of amides is 1. The van der Waals surface area contributed by atoms with E-state index in [1.165, 1.54) is 0 Å². The second kappa shape index (κ2) is 9.23. The van der Waals surface area contributed by atoms with Gasteiger partial charge in [-0.05, 0) is 19.3 Å². The minimum atomic E-state index is -3.81. The predicted molar refractivity (Wildman–Crippen MR) is 95.8 cm³/mol. The molecule has 1 aromatic rings. The normalized spacial score (nSPS) is 16.5. The highest BCUT2D eigenvalue weighted by Gasteiger charge is 2.33. The number of fused-ring (bicyclic) bond motifs is 1. The zero-order valence-corrected chi connectivity index (χ0v) is 17.2. The van der Waals surface area contributed by atoms with Gasteiger partial charge in [0, 0.05) is 18.1 Å². The second-order valence-electron chi connectivity index (χ2n) is 5.07. The Balaban J connectivity index is 0.00000134. The molecule has 0 saturated heterocycles. The Hall–Kier alpha value is -1.55. The summed E-state index contributed by atoms with van der Waals surface area (Å²) in [4.78, 5) is 19.1. The van der Waals surface area contributed by atoms with Crippen LogP contribution in [0.3, 0.4) is 0 Å². The lowest BCUT2D eigenvalue weighted by atomic mass is 9.87. The third-order valence-electron chi connectivity index (χ3n) is 3.26. The van der Waals surface area contributed by atoms with Gasteiger partial charge in [-0.25, -0.2) is 26.8 Å². The fraction of sp³-hybridized carbons (Fsp3) is 0.667. The molecular weight excluding hydrogens is 366 g/mol. The van der Waals surface area contributed by atoms with Gasteiger partial charge < -0.3 is 5.73 Å². The molecule has 0 bridgehead atoms. The van der Waals surface area contributed by atoms with Crippen LogP contribution in [-0.4, -0.2) is 45.2 Å². The maximum absolute atomic E-state index is 11.9. The number of primary amides is 1. The van der Waals surface area contributed by atoms with Gasteiger partial charge in [-0.3, -0.25) is 4.79 Å². The summed E-state index contributed by atoms with van der Waals surface area (Å²) in [5.41, 5.74) is 5.71. The Labute approximate surface area is 150 Å². The predicted octanol–water partition coefficient (Wildman–Crippen LogP) is 1.24. The molecule has 1 aliphatic carbocycles. The largest absolute Gasteiger partial charge is 0.369 e. The molecule has 0 saturated carbocycles. The number of carbonyl (C=O) groups excluding carboxylic acids is 1. The summed E-state index contributed by atoms with van der Waals surface area (Å²) in [6, 6.07) is 0. The molecule has 8 nitrogen and oxygen atoms in total. The average Bonchev–Trinajstić information content (AvgIpc) is 2.55. The van der Waals surface area contributed by atoms with Crippen LogP contribution in [0.1, 0.15) is 57.7 Å². The number of sulfone groups is 2. The molecule has 10 heteroatoms. The maximum Gasteiger partial charge on any atom is 0.248 e. The van der Waals surface area contributed by atoms with Crippen molar-refractivity contribution in [3.8, 4) is 0 Å². The van der Waals surface area contributed by atoms with Gasteiger partial charge in [-0.15, -0.1) is 0 Å². The first kappa shape index (κ1) is 23.4. The number of hydrogen-bond donors (Lipinski definition) is 1. The van der Waals surface area contributed by atoms with E-state index in [1.807, 2.05) is 27.7 Å². The van der Waals surface area contributed by atoms with E-state index < -0.39 is 36.7 Å². The first-order chi connectivity index (χ1) is 11.5. The van der Waals surface area contributed by atoms with E-state index in [2.05, 4.69) is 9.97 Å². The maximum atomic E-state index is 11.9. The number of nitrogens with zero attached hydrogens (tertiary/aromatic N) is 2. The molecule has 0 fully saturated rings. The zero-order chi connectivity index (χ0) is 20.0. The van der Waals surface area contributed by atoms with Crippen LogP contribution < -0.4 is 5.73 Å². The van der Waals surface area contributed by atoms with Gasteiger partial charge in [0.2, 0.25) is 20.9 Å². The van der Waals surface area contributed by atoms with Crippen LogP contribution in [0, 0.1) is 0 Å². The minimum Gasteiger partial charge on any atom is -0.369 e. The highest BCUT2D eigenvalue weighted by molar-refractivity contribution is 7.91. The standard InChI is InChI=1S/C11H15N3O5S2.2C2H6/c1-20(16,17)10-7-5-3-4-6(9(12)15)8(7)13-11(14-10)21(2,18)19;2*1-2/h6H,3-5H2,1-2H3,(H2,12,15);2*1-2H3. The van der Waals surface area contributed by atoms with E-state index in [4.69, 9.17) is 5.73 Å². The fourth-order valence-corrected chi connectivity index (χ4v) is 3.84. The van der Waals surface area contributed by atoms with Crippen molar-refractivity contribution in [3.63, 3.8) is 0 Å². The molecule has 1 atom stereocenters. The molecule has 1 aromatic heterocycles. The number of aromatic nitrogens is 2. The summed E-state index contributed by atoms with van der Waals surface area (Å²) >= 11 is 0. The monoisotopic (exact) mass is 393 g/mol. The molecule has 144 valence electrons. The summed E-state index contributed by atoms with van der Waals surface area (Å²) in [5, 5.41) is -0.936. The fourth-order valence-electron chi connectivity index (χ4n) is 2.35. The number of carbonyl (C=O) groups is 1. The first-order valence-electron chi connectivity index (χ1n) is 8.12. The summed E-state index contributed by atoms with van der Waals surface area (Å²) in [6.45, 7) is 8.00. The molecule has 1 amide bonds.